The highest BCUT2D eigenvalue weighted by atomic mass is 19.1. The van der Waals surface area contributed by atoms with E-state index in [2.05, 4.69) is 15.5 Å². The summed E-state index contributed by atoms with van der Waals surface area (Å²) in [6.07, 6.45) is 2.64. The zero-order valence-electron chi connectivity index (χ0n) is 13.3. The molecule has 0 fully saturated rings. The van der Waals surface area contributed by atoms with Crippen molar-refractivity contribution in [3.63, 3.8) is 0 Å². The standard InChI is InChI=1S/C19H12F2N4O/c20-15-6-2-1-5-14(15)18-13(11-23-25-18)9-12(10-22)19(26)24-17-8-4-3-7-16(17)21/h1-9,11H,(H,23,25)(H,24,26). The third kappa shape index (κ3) is 3.49. The van der Waals surface area contributed by atoms with E-state index in [1.54, 1.807) is 30.3 Å². The fourth-order valence-corrected chi connectivity index (χ4v) is 2.34. The number of carbonyl (C=O) groups excluding carboxylic acids is 1. The molecule has 2 aromatic carbocycles. The largest absolute Gasteiger partial charge is 0.319 e. The molecule has 0 saturated heterocycles. The van der Waals surface area contributed by atoms with Crippen LogP contribution in [0, 0.1) is 23.0 Å². The van der Waals surface area contributed by atoms with Gasteiger partial charge in [-0.3, -0.25) is 9.89 Å². The molecule has 0 unspecified atom stereocenters. The average Bonchev–Trinajstić information content (AvgIpc) is 3.10. The van der Waals surface area contributed by atoms with Gasteiger partial charge in [0, 0.05) is 11.1 Å². The summed E-state index contributed by atoms with van der Waals surface area (Å²) in [4.78, 5) is 12.3. The molecular weight excluding hydrogens is 338 g/mol. The molecule has 0 saturated carbocycles. The summed E-state index contributed by atoms with van der Waals surface area (Å²) < 4.78 is 27.6. The van der Waals surface area contributed by atoms with Crippen LogP contribution in [0.4, 0.5) is 14.5 Å². The van der Waals surface area contributed by atoms with Crippen LogP contribution >= 0.6 is 0 Å². The topological polar surface area (TPSA) is 81.6 Å². The van der Waals surface area contributed by atoms with Gasteiger partial charge in [0.15, 0.2) is 0 Å². The highest BCUT2D eigenvalue weighted by Crippen LogP contribution is 2.25. The number of aromatic amines is 1. The molecule has 0 aliphatic carbocycles. The molecule has 0 aliphatic heterocycles. The summed E-state index contributed by atoms with van der Waals surface area (Å²) in [6, 6.07) is 13.4. The number of anilines is 1. The first-order valence-corrected chi connectivity index (χ1v) is 7.56. The minimum absolute atomic E-state index is 0.0415. The molecule has 3 rings (SSSR count). The fourth-order valence-electron chi connectivity index (χ4n) is 2.34. The van der Waals surface area contributed by atoms with Crippen LogP contribution in [0.1, 0.15) is 5.56 Å². The number of hydrogen-bond acceptors (Lipinski definition) is 3. The second kappa shape index (κ2) is 7.40. The number of H-pyrrole nitrogens is 1. The molecule has 3 aromatic rings. The molecule has 1 amide bonds. The Labute approximate surface area is 147 Å². The Morgan fingerprint density at radius 2 is 1.81 bits per heavy atom. The Morgan fingerprint density at radius 1 is 1.12 bits per heavy atom. The smallest absolute Gasteiger partial charge is 0.266 e. The number of halogens is 2. The van der Waals surface area contributed by atoms with Crippen molar-refractivity contribution in [2.45, 2.75) is 0 Å². The van der Waals surface area contributed by atoms with Gasteiger partial charge in [0.25, 0.3) is 5.91 Å². The Balaban J connectivity index is 1.93. The Bertz CT molecular complexity index is 1030. The quantitative estimate of drug-likeness (QED) is 0.553. The van der Waals surface area contributed by atoms with E-state index in [-0.39, 0.29) is 16.8 Å². The number of nitriles is 1. The number of hydrogen-bond donors (Lipinski definition) is 2. The van der Waals surface area contributed by atoms with Crippen LogP contribution in [-0.2, 0) is 4.79 Å². The number of benzene rings is 2. The highest BCUT2D eigenvalue weighted by Gasteiger charge is 2.15. The van der Waals surface area contributed by atoms with Gasteiger partial charge in [-0.1, -0.05) is 24.3 Å². The van der Waals surface area contributed by atoms with Gasteiger partial charge in [-0.15, -0.1) is 0 Å². The van der Waals surface area contributed by atoms with Crippen molar-refractivity contribution in [3.8, 4) is 17.3 Å². The molecule has 0 bridgehead atoms. The van der Waals surface area contributed by atoms with Gasteiger partial charge in [-0.25, -0.2) is 8.78 Å². The van der Waals surface area contributed by atoms with E-state index in [1.165, 1.54) is 36.5 Å². The first-order chi connectivity index (χ1) is 12.6. The third-order valence-electron chi connectivity index (χ3n) is 3.60. The summed E-state index contributed by atoms with van der Waals surface area (Å²) in [5.74, 6) is -1.87. The van der Waals surface area contributed by atoms with Gasteiger partial charge in [0.1, 0.15) is 23.3 Å². The number of aromatic nitrogens is 2. The van der Waals surface area contributed by atoms with Gasteiger partial charge in [0.2, 0.25) is 0 Å². The van der Waals surface area contributed by atoms with Crippen molar-refractivity contribution in [3.05, 3.63) is 77.5 Å². The lowest BCUT2D eigenvalue weighted by Crippen LogP contribution is -2.14. The monoisotopic (exact) mass is 350 g/mol. The second-order valence-corrected chi connectivity index (χ2v) is 5.28. The van der Waals surface area contributed by atoms with Crippen LogP contribution in [0.5, 0.6) is 0 Å². The van der Waals surface area contributed by atoms with E-state index in [0.29, 0.717) is 11.3 Å². The van der Waals surface area contributed by atoms with Crippen LogP contribution in [-0.4, -0.2) is 16.1 Å². The van der Waals surface area contributed by atoms with Crippen molar-refractivity contribution in [1.82, 2.24) is 10.2 Å². The van der Waals surface area contributed by atoms with Crippen molar-refractivity contribution in [1.29, 1.82) is 5.26 Å². The predicted octanol–water partition coefficient (Wildman–Crippen LogP) is 3.90. The number of nitrogens with one attached hydrogen (secondary N) is 2. The van der Waals surface area contributed by atoms with Gasteiger partial charge >= 0.3 is 0 Å². The molecule has 2 N–H and O–H groups in total. The molecule has 5 nitrogen and oxygen atoms in total. The fraction of sp³-hybridized carbons (Fsp3) is 0. The first-order valence-electron chi connectivity index (χ1n) is 7.56. The summed E-state index contributed by atoms with van der Waals surface area (Å²) in [5.41, 5.74) is 0.625. The van der Waals surface area contributed by atoms with Gasteiger partial charge in [0.05, 0.1) is 17.6 Å². The third-order valence-corrected chi connectivity index (χ3v) is 3.60. The van der Waals surface area contributed by atoms with Crippen LogP contribution in [0.3, 0.4) is 0 Å². The van der Waals surface area contributed by atoms with E-state index in [9.17, 15) is 18.8 Å². The summed E-state index contributed by atoms with van der Waals surface area (Å²) in [7, 11) is 0. The predicted molar refractivity (Wildman–Crippen MR) is 92.6 cm³/mol. The maximum absolute atomic E-state index is 14.0. The van der Waals surface area contributed by atoms with Gasteiger partial charge < -0.3 is 5.32 Å². The lowest BCUT2D eigenvalue weighted by molar-refractivity contribution is -0.112. The van der Waals surface area contributed by atoms with Gasteiger partial charge in [-0.2, -0.15) is 10.4 Å². The van der Waals surface area contributed by atoms with E-state index in [4.69, 9.17) is 0 Å². The normalized spacial score (nSPS) is 11.0. The van der Waals surface area contributed by atoms with Crippen molar-refractivity contribution < 1.29 is 13.6 Å². The number of rotatable bonds is 4. The maximum Gasteiger partial charge on any atom is 0.266 e. The maximum atomic E-state index is 14.0. The number of carbonyl (C=O) groups is 1. The Hall–Kier alpha value is -3.79. The van der Waals surface area contributed by atoms with Crippen LogP contribution in [0.15, 0.2) is 60.3 Å². The summed E-state index contributed by atoms with van der Waals surface area (Å²) >= 11 is 0. The highest BCUT2D eigenvalue weighted by molar-refractivity contribution is 6.10. The average molecular weight is 350 g/mol. The first kappa shape index (κ1) is 17.0. The summed E-state index contributed by atoms with van der Waals surface area (Å²) in [5, 5.41) is 18.1. The van der Waals surface area contributed by atoms with Crippen molar-refractivity contribution in [2.24, 2.45) is 0 Å². The van der Waals surface area contributed by atoms with E-state index in [0.717, 1.165) is 0 Å². The number of amides is 1. The minimum Gasteiger partial charge on any atom is -0.319 e. The Kier molecular flexibility index (Phi) is 4.85. The van der Waals surface area contributed by atoms with Crippen LogP contribution < -0.4 is 5.32 Å². The van der Waals surface area contributed by atoms with Crippen molar-refractivity contribution >= 4 is 17.7 Å². The molecule has 26 heavy (non-hydrogen) atoms. The lowest BCUT2D eigenvalue weighted by atomic mass is 10.1. The zero-order valence-corrected chi connectivity index (χ0v) is 13.3. The molecule has 0 spiro atoms. The van der Waals surface area contributed by atoms with E-state index >= 15 is 0 Å². The van der Waals surface area contributed by atoms with Gasteiger partial charge in [-0.05, 0) is 30.3 Å². The lowest BCUT2D eigenvalue weighted by Gasteiger charge is -2.05. The molecule has 0 atom stereocenters. The number of para-hydroxylation sites is 1. The molecule has 128 valence electrons. The van der Waals surface area contributed by atoms with Crippen molar-refractivity contribution in [2.75, 3.05) is 5.32 Å². The second-order valence-electron chi connectivity index (χ2n) is 5.28. The van der Waals surface area contributed by atoms with E-state index in [1.807, 2.05) is 0 Å². The SMILES string of the molecule is N#CC(=Cc1cn[nH]c1-c1ccccc1F)C(=O)Nc1ccccc1F. The molecule has 1 heterocycles. The van der Waals surface area contributed by atoms with Crippen LogP contribution in [0.25, 0.3) is 17.3 Å². The van der Waals surface area contributed by atoms with E-state index < -0.39 is 17.5 Å². The zero-order chi connectivity index (χ0) is 18.5. The minimum atomic E-state index is -0.779. The molecule has 1 aromatic heterocycles. The van der Waals surface area contributed by atoms with Crippen LogP contribution in [0.2, 0.25) is 0 Å². The molecule has 7 heteroatoms. The molecular formula is C19H12F2N4O. The summed E-state index contributed by atoms with van der Waals surface area (Å²) in [6.45, 7) is 0. The molecule has 0 aliphatic rings. The Morgan fingerprint density at radius 3 is 2.50 bits per heavy atom. The number of nitrogens with zero attached hydrogens (tertiary/aromatic N) is 2. The molecule has 0 radical (unpaired) electrons.